The second-order valence-electron chi connectivity index (χ2n) is 13.0. The molecule has 0 aliphatic heterocycles. The summed E-state index contributed by atoms with van der Waals surface area (Å²) in [5.74, 6) is -2.67. The number of rotatable bonds is 19. The van der Waals surface area contributed by atoms with Crippen molar-refractivity contribution in [3.63, 3.8) is 0 Å². The van der Waals surface area contributed by atoms with Crippen LogP contribution in [0.5, 0.6) is 0 Å². The number of aliphatic hydroxyl groups is 1. The Hall–Kier alpha value is -2.54. The summed E-state index contributed by atoms with van der Waals surface area (Å²) in [4.78, 5) is 52.1. The van der Waals surface area contributed by atoms with Crippen LogP contribution in [0.1, 0.15) is 103 Å². The van der Waals surface area contributed by atoms with Crippen LogP contribution in [0.3, 0.4) is 0 Å². The summed E-state index contributed by atoms with van der Waals surface area (Å²) in [5, 5.41) is 34.2. The Bertz CT molecular complexity index is 1030. The highest BCUT2D eigenvalue weighted by Crippen LogP contribution is 2.18. The zero-order valence-electron chi connectivity index (χ0n) is 27.6. The van der Waals surface area contributed by atoms with Crippen LogP contribution < -0.4 is 27.0 Å². The second-order valence-corrected chi connectivity index (χ2v) is 14.0. The maximum absolute atomic E-state index is 13.8. The van der Waals surface area contributed by atoms with Gasteiger partial charge in [-0.25, -0.2) is 0 Å². The van der Waals surface area contributed by atoms with Crippen molar-refractivity contribution >= 4 is 35.0 Å². The molecule has 8 N–H and O–H groups in total. The number of aliphatic hydroxyl groups excluding tert-OH is 1. The topological polar surface area (TPSA) is 183 Å². The molecule has 0 radical (unpaired) electrons. The average Bonchev–Trinajstić information content (AvgIpc) is 3.49. The van der Waals surface area contributed by atoms with Gasteiger partial charge in [0, 0.05) is 30.3 Å². The quantitative estimate of drug-likeness (QED) is 0.119. The average molecular weight is 652 g/mol. The van der Waals surface area contributed by atoms with E-state index in [0.717, 1.165) is 17.7 Å². The van der Waals surface area contributed by atoms with Crippen molar-refractivity contribution < 1.29 is 29.4 Å². The highest BCUT2D eigenvalue weighted by atomic mass is 32.1. The van der Waals surface area contributed by atoms with Crippen molar-refractivity contribution in [1.29, 1.82) is 0 Å². The maximum atomic E-state index is 13.8. The van der Waals surface area contributed by atoms with Crippen molar-refractivity contribution in [3.05, 3.63) is 22.4 Å². The number of carboxylic acids is 1. The van der Waals surface area contributed by atoms with Gasteiger partial charge in [-0.1, -0.05) is 72.3 Å². The van der Waals surface area contributed by atoms with Gasteiger partial charge in [0.15, 0.2) is 0 Å². The third-order valence-corrected chi connectivity index (χ3v) is 9.55. The first-order chi connectivity index (χ1) is 21.4. The van der Waals surface area contributed by atoms with Gasteiger partial charge in [0.05, 0.1) is 18.2 Å². The van der Waals surface area contributed by atoms with E-state index in [0.29, 0.717) is 25.4 Å². The summed E-state index contributed by atoms with van der Waals surface area (Å²) in [5.41, 5.74) is 5.91. The van der Waals surface area contributed by atoms with Gasteiger partial charge in [0.25, 0.3) is 0 Å². The fraction of sp³-hybridized carbons (Fsp3) is 0.758. The molecule has 12 heteroatoms. The van der Waals surface area contributed by atoms with E-state index in [9.17, 15) is 24.3 Å². The second kappa shape index (κ2) is 20.6. The standard InChI is InChI=1S/C33H57N5O6S/c1-5-22(4)30(38-31(42)25(34)15-16-29(40)41)33(44)37-27(19-24-14-11-17-45-24)32(43)36-26(18-21(2)3)28(39)20-35-23-12-9-7-6-8-10-13-23/h11,14,17,21-23,25-28,30,35,39H,5-10,12-13,15-16,18-20,34H2,1-4H3,(H,36,43)(H,37,44)(H,38,42)(H,40,41)/t22-,25-,26-,27-,28+,30-/m0/s1. The van der Waals surface area contributed by atoms with Gasteiger partial charge in [-0.05, 0) is 49.0 Å². The van der Waals surface area contributed by atoms with Crippen LogP contribution in [0.4, 0.5) is 0 Å². The summed E-state index contributed by atoms with van der Waals surface area (Å²) < 4.78 is 0. The molecule has 0 unspecified atom stereocenters. The third kappa shape index (κ3) is 14.6. The molecule has 1 aliphatic rings. The number of thiophene rings is 1. The predicted molar refractivity (Wildman–Crippen MR) is 178 cm³/mol. The lowest BCUT2D eigenvalue weighted by atomic mass is 9.95. The van der Waals surface area contributed by atoms with Crippen molar-refractivity contribution in [2.45, 2.75) is 141 Å². The summed E-state index contributed by atoms with van der Waals surface area (Å²) >= 11 is 1.48. The van der Waals surface area contributed by atoms with Crippen LogP contribution in [0.15, 0.2) is 17.5 Å². The number of amides is 3. The number of aliphatic carboxylic acids is 1. The van der Waals surface area contributed by atoms with Crippen molar-refractivity contribution in [1.82, 2.24) is 21.3 Å². The van der Waals surface area contributed by atoms with E-state index in [2.05, 4.69) is 21.3 Å². The van der Waals surface area contributed by atoms with Crippen molar-refractivity contribution in [2.24, 2.45) is 17.6 Å². The minimum absolute atomic E-state index is 0.0609. The van der Waals surface area contributed by atoms with Gasteiger partial charge in [-0.2, -0.15) is 0 Å². The molecule has 11 nitrogen and oxygen atoms in total. The van der Waals surface area contributed by atoms with Gasteiger partial charge in [-0.3, -0.25) is 19.2 Å². The number of carboxylic acid groups (broad SMARTS) is 1. The minimum Gasteiger partial charge on any atom is -0.481 e. The molecule has 0 spiro atoms. The lowest BCUT2D eigenvalue weighted by Gasteiger charge is -2.31. The fourth-order valence-corrected chi connectivity index (χ4v) is 6.42. The van der Waals surface area contributed by atoms with E-state index in [-0.39, 0.29) is 31.1 Å². The SMILES string of the molecule is CC[C@H](C)[C@H](NC(=O)[C@@H](N)CCC(=O)O)C(=O)N[C@@H](Cc1cccs1)C(=O)N[C@@H](CC(C)C)[C@H](O)CNC1CCCCCCC1. The predicted octanol–water partition coefficient (Wildman–Crippen LogP) is 3.09. The van der Waals surface area contributed by atoms with Crippen LogP contribution in [0.25, 0.3) is 0 Å². The summed E-state index contributed by atoms with van der Waals surface area (Å²) in [7, 11) is 0. The Morgan fingerprint density at radius 2 is 1.64 bits per heavy atom. The molecule has 1 aromatic heterocycles. The van der Waals surface area contributed by atoms with Crippen LogP contribution >= 0.6 is 11.3 Å². The molecule has 1 aliphatic carbocycles. The Kier molecular flexibility index (Phi) is 17.7. The number of nitrogens with one attached hydrogen (secondary N) is 4. The molecule has 0 aromatic carbocycles. The highest BCUT2D eigenvalue weighted by Gasteiger charge is 2.33. The van der Waals surface area contributed by atoms with E-state index < -0.39 is 54.0 Å². The Morgan fingerprint density at radius 1 is 0.978 bits per heavy atom. The molecule has 256 valence electrons. The van der Waals surface area contributed by atoms with Crippen LogP contribution in [-0.2, 0) is 25.6 Å². The van der Waals surface area contributed by atoms with Crippen molar-refractivity contribution in [2.75, 3.05) is 6.54 Å². The largest absolute Gasteiger partial charge is 0.481 e. The van der Waals surface area contributed by atoms with E-state index in [1.54, 1.807) is 0 Å². The molecule has 2 rings (SSSR count). The normalized spacial score (nSPS) is 18.5. The number of nitrogens with two attached hydrogens (primary N) is 1. The molecule has 1 saturated carbocycles. The molecular formula is C33H57N5O6S. The van der Waals surface area contributed by atoms with E-state index in [1.165, 1.54) is 43.4 Å². The van der Waals surface area contributed by atoms with E-state index >= 15 is 0 Å². The molecule has 1 fully saturated rings. The van der Waals surface area contributed by atoms with Crippen LogP contribution in [0.2, 0.25) is 0 Å². The minimum atomic E-state index is -1.08. The smallest absolute Gasteiger partial charge is 0.303 e. The number of carbonyl (C=O) groups is 4. The monoisotopic (exact) mass is 651 g/mol. The summed E-state index contributed by atoms with van der Waals surface area (Å²) in [6.45, 7) is 8.16. The molecule has 1 aromatic rings. The maximum Gasteiger partial charge on any atom is 0.303 e. The molecule has 6 atom stereocenters. The van der Waals surface area contributed by atoms with E-state index in [4.69, 9.17) is 10.8 Å². The first-order valence-corrected chi connectivity index (χ1v) is 17.6. The lowest BCUT2D eigenvalue weighted by molar-refractivity contribution is -0.137. The molecule has 1 heterocycles. The van der Waals surface area contributed by atoms with E-state index in [1.807, 2.05) is 45.2 Å². The van der Waals surface area contributed by atoms with Gasteiger partial charge in [-0.15, -0.1) is 11.3 Å². The van der Waals surface area contributed by atoms with Gasteiger partial charge < -0.3 is 37.2 Å². The Morgan fingerprint density at radius 3 is 2.22 bits per heavy atom. The lowest BCUT2D eigenvalue weighted by Crippen LogP contribution is -2.59. The van der Waals surface area contributed by atoms with Gasteiger partial charge in [0.2, 0.25) is 17.7 Å². The van der Waals surface area contributed by atoms with Crippen LogP contribution in [0, 0.1) is 11.8 Å². The zero-order valence-corrected chi connectivity index (χ0v) is 28.4. The van der Waals surface area contributed by atoms with Gasteiger partial charge >= 0.3 is 5.97 Å². The van der Waals surface area contributed by atoms with Crippen molar-refractivity contribution in [3.8, 4) is 0 Å². The molecule has 0 saturated heterocycles. The molecule has 0 bridgehead atoms. The Labute approximate surface area is 272 Å². The summed E-state index contributed by atoms with van der Waals surface area (Å²) in [6.07, 6.45) is 8.54. The summed E-state index contributed by atoms with van der Waals surface area (Å²) in [6, 6.07) is 0.614. The molecule has 3 amide bonds. The zero-order chi connectivity index (χ0) is 33.4. The fourth-order valence-electron chi connectivity index (χ4n) is 5.67. The number of hydrogen-bond donors (Lipinski definition) is 7. The number of hydrogen-bond acceptors (Lipinski definition) is 8. The third-order valence-electron chi connectivity index (χ3n) is 8.66. The Balaban J connectivity index is 2.16. The number of carbonyl (C=O) groups excluding carboxylic acids is 3. The van der Waals surface area contributed by atoms with Gasteiger partial charge in [0.1, 0.15) is 12.1 Å². The molecular weight excluding hydrogens is 594 g/mol. The first-order valence-electron chi connectivity index (χ1n) is 16.7. The van der Waals surface area contributed by atoms with Crippen LogP contribution in [-0.4, -0.2) is 76.8 Å². The highest BCUT2D eigenvalue weighted by molar-refractivity contribution is 7.09. The first kappa shape index (κ1) is 38.6. The molecule has 45 heavy (non-hydrogen) atoms.